The van der Waals surface area contributed by atoms with Crippen molar-refractivity contribution in [3.05, 3.63) is 23.9 Å². The summed E-state index contributed by atoms with van der Waals surface area (Å²) in [6, 6.07) is 5.53. The summed E-state index contributed by atoms with van der Waals surface area (Å²) >= 11 is 0. The van der Waals surface area contributed by atoms with E-state index in [-0.39, 0.29) is 0 Å². The fourth-order valence-electron chi connectivity index (χ4n) is 2.98. The average Bonchev–Trinajstić information content (AvgIpc) is 2.68. The molecule has 1 aliphatic heterocycles. The van der Waals surface area contributed by atoms with Crippen molar-refractivity contribution in [1.29, 1.82) is 5.26 Å². The van der Waals surface area contributed by atoms with Gasteiger partial charge in [0.2, 0.25) is 0 Å². The number of unbranched alkanes of at least 4 members (excludes halogenated alkanes) is 2. The fourth-order valence-corrected chi connectivity index (χ4v) is 4.65. The molecular formula is C18H29N5O2S. The van der Waals surface area contributed by atoms with Gasteiger partial charge in [0.15, 0.2) is 0 Å². The van der Waals surface area contributed by atoms with Crippen LogP contribution in [0.4, 0.5) is 5.82 Å². The Bertz CT molecular complexity index is 701. The Morgan fingerprint density at radius 1 is 1.15 bits per heavy atom. The molecule has 1 aromatic rings. The lowest BCUT2D eigenvalue weighted by atomic mass is 10.2. The number of nitrogens with zero attached hydrogens (tertiary/aromatic N) is 5. The van der Waals surface area contributed by atoms with Crippen molar-refractivity contribution in [3.63, 3.8) is 0 Å². The molecule has 0 aliphatic carbocycles. The van der Waals surface area contributed by atoms with E-state index in [1.54, 1.807) is 26.9 Å². The lowest BCUT2D eigenvalue weighted by molar-refractivity contribution is 0.317. The summed E-state index contributed by atoms with van der Waals surface area (Å²) in [4.78, 5) is 6.35. The smallest absolute Gasteiger partial charge is 0.282 e. The molecule has 144 valence electrons. The Morgan fingerprint density at radius 2 is 1.77 bits per heavy atom. The second kappa shape index (κ2) is 9.86. The zero-order valence-electron chi connectivity index (χ0n) is 15.8. The van der Waals surface area contributed by atoms with Gasteiger partial charge < -0.3 is 4.90 Å². The van der Waals surface area contributed by atoms with Crippen LogP contribution in [0.15, 0.2) is 18.3 Å². The van der Waals surface area contributed by atoms with Crippen molar-refractivity contribution in [1.82, 2.24) is 13.6 Å². The van der Waals surface area contributed by atoms with Crippen molar-refractivity contribution in [3.8, 4) is 6.07 Å². The minimum atomic E-state index is -3.42. The predicted molar refractivity (Wildman–Crippen MR) is 103 cm³/mol. The van der Waals surface area contributed by atoms with Crippen molar-refractivity contribution in [2.24, 2.45) is 0 Å². The largest absolute Gasteiger partial charge is 0.354 e. The number of rotatable bonds is 9. The SMILES string of the molecule is CCCCN(CCCC)S(=O)(=O)N1CCN(c2cc(C#N)ccn2)CC1. The van der Waals surface area contributed by atoms with Gasteiger partial charge in [0.05, 0.1) is 11.6 Å². The Hall–Kier alpha value is -1.69. The quantitative estimate of drug-likeness (QED) is 0.657. The minimum absolute atomic E-state index is 0.440. The summed E-state index contributed by atoms with van der Waals surface area (Å²) in [5.74, 6) is 0.731. The summed E-state index contributed by atoms with van der Waals surface area (Å²) in [7, 11) is -3.42. The molecule has 26 heavy (non-hydrogen) atoms. The first-order chi connectivity index (χ1) is 12.5. The van der Waals surface area contributed by atoms with Gasteiger partial charge >= 0.3 is 0 Å². The van der Waals surface area contributed by atoms with Gasteiger partial charge in [-0.3, -0.25) is 0 Å². The van der Waals surface area contributed by atoms with Crippen molar-refractivity contribution < 1.29 is 8.42 Å². The molecule has 0 saturated carbocycles. The van der Waals surface area contributed by atoms with E-state index >= 15 is 0 Å². The molecule has 2 heterocycles. The van der Waals surface area contributed by atoms with Crippen molar-refractivity contribution >= 4 is 16.0 Å². The molecule has 0 aromatic carbocycles. The van der Waals surface area contributed by atoms with Crippen LogP contribution in [-0.2, 0) is 10.2 Å². The van der Waals surface area contributed by atoms with Crippen LogP contribution in [0.25, 0.3) is 0 Å². The van der Waals surface area contributed by atoms with E-state index < -0.39 is 10.2 Å². The normalized spacial score (nSPS) is 16.0. The first-order valence-electron chi connectivity index (χ1n) is 9.39. The second-order valence-corrected chi connectivity index (χ2v) is 8.44. The van der Waals surface area contributed by atoms with E-state index in [0.29, 0.717) is 44.8 Å². The molecule has 0 radical (unpaired) electrons. The summed E-state index contributed by atoms with van der Waals surface area (Å²) in [6.45, 7) is 7.37. The zero-order valence-corrected chi connectivity index (χ0v) is 16.6. The van der Waals surface area contributed by atoms with Crippen LogP contribution in [0.1, 0.15) is 45.1 Å². The number of anilines is 1. The third-order valence-electron chi connectivity index (χ3n) is 4.61. The monoisotopic (exact) mass is 379 g/mol. The molecule has 1 aliphatic rings. The van der Waals surface area contributed by atoms with Crippen LogP contribution in [0.3, 0.4) is 0 Å². The number of aromatic nitrogens is 1. The molecule has 8 heteroatoms. The van der Waals surface area contributed by atoms with Crippen LogP contribution in [0.2, 0.25) is 0 Å². The molecule has 1 fully saturated rings. The van der Waals surface area contributed by atoms with E-state index in [2.05, 4.69) is 24.9 Å². The van der Waals surface area contributed by atoms with Crippen LogP contribution in [-0.4, -0.2) is 61.3 Å². The van der Waals surface area contributed by atoms with E-state index in [4.69, 9.17) is 5.26 Å². The van der Waals surface area contributed by atoms with Gasteiger partial charge in [0, 0.05) is 45.5 Å². The zero-order chi connectivity index (χ0) is 19.0. The topological polar surface area (TPSA) is 80.5 Å². The molecule has 1 saturated heterocycles. The molecule has 0 unspecified atom stereocenters. The molecule has 0 atom stereocenters. The second-order valence-electron chi connectivity index (χ2n) is 6.51. The van der Waals surface area contributed by atoms with Gasteiger partial charge in [-0.2, -0.15) is 22.3 Å². The van der Waals surface area contributed by atoms with Gasteiger partial charge in [-0.15, -0.1) is 0 Å². The van der Waals surface area contributed by atoms with E-state index in [1.807, 2.05) is 4.90 Å². The fraction of sp³-hybridized carbons (Fsp3) is 0.667. The molecular weight excluding hydrogens is 350 g/mol. The van der Waals surface area contributed by atoms with Gasteiger partial charge in [-0.05, 0) is 25.0 Å². The average molecular weight is 380 g/mol. The third kappa shape index (κ3) is 5.16. The van der Waals surface area contributed by atoms with Gasteiger partial charge in [-0.1, -0.05) is 26.7 Å². The number of hydrogen-bond donors (Lipinski definition) is 0. The lowest BCUT2D eigenvalue weighted by Gasteiger charge is -2.37. The van der Waals surface area contributed by atoms with Crippen molar-refractivity contribution in [2.45, 2.75) is 39.5 Å². The van der Waals surface area contributed by atoms with Gasteiger partial charge in [0.25, 0.3) is 10.2 Å². The maximum Gasteiger partial charge on any atom is 0.282 e. The van der Waals surface area contributed by atoms with Crippen LogP contribution >= 0.6 is 0 Å². The Balaban J connectivity index is 2.02. The van der Waals surface area contributed by atoms with E-state index in [9.17, 15) is 8.42 Å². The summed E-state index contributed by atoms with van der Waals surface area (Å²) < 4.78 is 29.3. The van der Waals surface area contributed by atoms with E-state index in [1.165, 1.54) is 0 Å². The lowest BCUT2D eigenvalue weighted by Crippen LogP contribution is -2.53. The number of nitriles is 1. The molecule has 7 nitrogen and oxygen atoms in total. The first kappa shape index (κ1) is 20.6. The third-order valence-corrected chi connectivity index (χ3v) is 6.65. The van der Waals surface area contributed by atoms with Crippen LogP contribution in [0, 0.1) is 11.3 Å². The Labute approximate surface area is 157 Å². The molecule has 0 N–H and O–H groups in total. The van der Waals surface area contributed by atoms with E-state index in [0.717, 1.165) is 31.5 Å². The van der Waals surface area contributed by atoms with Crippen LogP contribution < -0.4 is 4.90 Å². The number of pyridine rings is 1. The predicted octanol–water partition coefficient (Wildman–Crippen LogP) is 2.22. The highest BCUT2D eigenvalue weighted by Crippen LogP contribution is 2.18. The molecule has 0 amide bonds. The summed E-state index contributed by atoms with van der Waals surface area (Å²) in [5, 5.41) is 9.02. The van der Waals surface area contributed by atoms with Gasteiger partial charge in [-0.25, -0.2) is 4.98 Å². The maximum absolute atomic E-state index is 13.0. The Morgan fingerprint density at radius 3 is 2.31 bits per heavy atom. The van der Waals surface area contributed by atoms with Crippen molar-refractivity contribution in [2.75, 3.05) is 44.2 Å². The maximum atomic E-state index is 13.0. The summed E-state index contributed by atoms with van der Waals surface area (Å²) in [5.41, 5.74) is 0.565. The van der Waals surface area contributed by atoms with Gasteiger partial charge in [0.1, 0.15) is 5.82 Å². The van der Waals surface area contributed by atoms with Crippen LogP contribution in [0.5, 0.6) is 0 Å². The highest BCUT2D eigenvalue weighted by atomic mass is 32.2. The number of piperazine rings is 1. The molecule has 0 bridgehead atoms. The molecule has 1 aromatic heterocycles. The Kier molecular flexibility index (Phi) is 7.82. The first-order valence-corrected chi connectivity index (χ1v) is 10.8. The molecule has 2 rings (SSSR count). The minimum Gasteiger partial charge on any atom is -0.354 e. The number of hydrogen-bond acceptors (Lipinski definition) is 5. The molecule has 0 spiro atoms. The standard InChI is InChI=1S/C18H29N5O2S/c1-3-5-9-22(10-6-4-2)26(24,25)23-13-11-21(12-14-23)18-15-17(16-19)7-8-20-18/h7-8,15H,3-6,9-14H2,1-2H3. The highest BCUT2D eigenvalue weighted by Gasteiger charge is 2.32. The summed E-state index contributed by atoms with van der Waals surface area (Å²) in [6.07, 6.45) is 5.34. The highest BCUT2D eigenvalue weighted by molar-refractivity contribution is 7.86.